The van der Waals surface area contributed by atoms with E-state index in [1.54, 1.807) is 24.3 Å². The molecule has 6 heteroatoms. The van der Waals surface area contributed by atoms with E-state index in [1.165, 1.54) is 16.8 Å². The second-order valence-corrected chi connectivity index (χ2v) is 6.47. The Balaban J connectivity index is 2.10. The van der Waals surface area contributed by atoms with E-state index in [2.05, 4.69) is 10.4 Å². The Hall–Kier alpha value is -2.66. The van der Waals surface area contributed by atoms with Gasteiger partial charge < -0.3 is 5.32 Å². The van der Waals surface area contributed by atoms with E-state index in [0.29, 0.717) is 22.1 Å². The minimum Gasteiger partial charge on any atom is -0.348 e. The maximum Gasteiger partial charge on any atom is 0.270 e. The van der Waals surface area contributed by atoms with Gasteiger partial charge in [-0.15, -0.1) is 0 Å². The molecule has 3 rings (SSSR count). The number of benzene rings is 2. The van der Waals surface area contributed by atoms with Gasteiger partial charge in [-0.2, -0.15) is 5.10 Å². The zero-order chi connectivity index (χ0) is 18.7. The molecule has 0 unspecified atom stereocenters. The molecule has 0 radical (unpaired) electrons. The van der Waals surface area contributed by atoms with Gasteiger partial charge in [-0.25, -0.2) is 9.07 Å². The third-order valence-corrected chi connectivity index (χ3v) is 4.48. The summed E-state index contributed by atoms with van der Waals surface area (Å²) in [6.45, 7) is 3.93. The first-order valence-corrected chi connectivity index (χ1v) is 8.79. The number of hydrogen-bond donors (Lipinski definition) is 1. The highest BCUT2D eigenvalue weighted by Crippen LogP contribution is 2.28. The quantitative estimate of drug-likeness (QED) is 0.696. The molecule has 3 aromatic rings. The van der Waals surface area contributed by atoms with Gasteiger partial charge in [-0.3, -0.25) is 4.79 Å². The third-order valence-electron chi connectivity index (χ3n) is 4.15. The summed E-state index contributed by atoms with van der Waals surface area (Å²) < 4.78 is 14.8. The highest BCUT2D eigenvalue weighted by molar-refractivity contribution is 6.33. The number of carbonyl (C=O) groups is 1. The van der Waals surface area contributed by atoms with Crippen LogP contribution in [0, 0.1) is 5.82 Å². The lowest BCUT2D eigenvalue weighted by molar-refractivity contribution is 0.0931. The van der Waals surface area contributed by atoms with Crippen LogP contribution in [0.15, 0.2) is 54.6 Å². The van der Waals surface area contributed by atoms with E-state index >= 15 is 0 Å². The van der Waals surface area contributed by atoms with Gasteiger partial charge >= 0.3 is 0 Å². The predicted molar refractivity (Wildman–Crippen MR) is 101 cm³/mol. The topological polar surface area (TPSA) is 46.9 Å². The van der Waals surface area contributed by atoms with Gasteiger partial charge in [0.1, 0.15) is 11.5 Å². The van der Waals surface area contributed by atoms with Crippen LogP contribution in [0.25, 0.3) is 16.9 Å². The predicted octanol–water partition coefficient (Wildman–Crippen LogP) is 4.86. The van der Waals surface area contributed by atoms with Crippen LogP contribution in [0.5, 0.6) is 0 Å². The summed E-state index contributed by atoms with van der Waals surface area (Å²) in [4.78, 5) is 12.7. The van der Waals surface area contributed by atoms with Crippen molar-refractivity contribution < 1.29 is 9.18 Å². The normalized spacial score (nSPS) is 12.0. The van der Waals surface area contributed by atoms with Crippen molar-refractivity contribution in [2.24, 2.45) is 0 Å². The molecule has 0 saturated carbocycles. The Morgan fingerprint density at radius 2 is 1.92 bits per heavy atom. The first-order chi connectivity index (χ1) is 12.5. The Labute approximate surface area is 156 Å². The molecule has 0 aliphatic rings. The molecule has 2 aromatic carbocycles. The Morgan fingerprint density at radius 1 is 1.23 bits per heavy atom. The van der Waals surface area contributed by atoms with Gasteiger partial charge in [0.2, 0.25) is 0 Å². The maximum atomic E-state index is 13.3. The lowest BCUT2D eigenvalue weighted by atomic mass is 10.1. The molecule has 1 atom stereocenters. The Kier molecular flexibility index (Phi) is 5.38. The van der Waals surface area contributed by atoms with Crippen LogP contribution in [-0.2, 0) is 0 Å². The molecule has 0 aliphatic carbocycles. The van der Waals surface area contributed by atoms with E-state index < -0.39 is 0 Å². The molecule has 0 saturated heterocycles. The van der Waals surface area contributed by atoms with Crippen LogP contribution in [-0.4, -0.2) is 21.7 Å². The highest BCUT2D eigenvalue weighted by atomic mass is 35.5. The van der Waals surface area contributed by atoms with Crippen molar-refractivity contribution in [2.45, 2.75) is 26.3 Å². The van der Waals surface area contributed by atoms with Gasteiger partial charge in [-0.05, 0) is 49.7 Å². The molecule has 26 heavy (non-hydrogen) atoms. The number of rotatable bonds is 5. The fraction of sp³-hybridized carbons (Fsp3) is 0.200. The van der Waals surface area contributed by atoms with Crippen LogP contribution in [0.1, 0.15) is 30.8 Å². The fourth-order valence-corrected chi connectivity index (χ4v) is 2.75. The molecule has 1 aromatic heterocycles. The molecule has 1 N–H and O–H groups in total. The Morgan fingerprint density at radius 3 is 2.58 bits per heavy atom. The van der Waals surface area contributed by atoms with Crippen molar-refractivity contribution in [1.29, 1.82) is 0 Å². The van der Waals surface area contributed by atoms with E-state index in [1.807, 2.05) is 32.0 Å². The molecule has 0 fully saturated rings. The fourth-order valence-electron chi connectivity index (χ4n) is 2.52. The largest absolute Gasteiger partial charge is 0.348 e. The second kappa shape index (κ2) is 7.70. The Bertz CT molecular complexity index is 921. The van der Waals surface area contributed by atoms with E-state index in [9.17, 15) is 9.18 Å². The summed E-state index contributed by atoms with van der Waals surface area (Å²) in [6.07, 6.45) is 0.813. The number of aromatic nitrogens is 2. The monoisotopic (exact) mass is 371 g/mol. The summed E-state index contributed by atoms with van der Waals surface area (Å²) in [7, 11) is 0. The van der Waals surface area contributed by atoms with E-state index in [0.717, 1.165) is 12.0 Å². The number of halogens is 2. The van der Waals surface area contributed by atoms with Gasteiger partial charge in [0.25, 0.3) is 5.91 Å². The molecule has 0 aliphatic heterocycles. The average Bonchev–Trinajstić information content (AvgIpc) is 3.08. The number of amides is 1. The van der Waals surface area contributed by atoms with Crippen LogP contribution in [0.4, 0.5) is 4.39 Å². The summed E-state index contributed by atoms with van der Waals surface area (Å²) in [5.74, 6) is -0.590. The molecule has 0 bridgehead atoms. The van der Waals surface area contributed by atoms with Gasteiger partial charge in [0.15, 0.2) is 0 Å². The molecular formula is C20H19ClFN3O. The SMILES string of the molecule is CC[C@@H](C)NC(=O)c1cc(-c2ccccc2Cl)nn1-c1ccc(F)cc1. The summed E-state index contributed by atoms with van der Waals surface area (Å²) >= 11 is 6.27. The van der Waals surface area contributed by atoms with Gasteiger partial charge in [0.05, 0.1) is 16.4 Å². The van der Waals surface area contributed by atoms with E-state index in [-0.39, 0.29) is 17.8 Å². The lowest BCUT2D eigenvalue weighted by Crippen LogP contribution is -2.33. The minimum absolute atomic E-state index is 0.0304. The van der Waals surface area contributed by atoms with Crippen LogP contribution in [0.2, 0.25) is 5.02 Å². The first kappa shape index (κ1) is 18.1. The van der Waals surface area contributed by atoms with Gasteiger partial charge in [0, 0.05) is 11.6 Å². The van der Waals surface area contributed by atoms with Crippen molar-refractivity contribution in [3.05, 3.63) is 71.1 Å². The minimum atomic E-state index is -0.349. The molecule has 4 nitrogen and oxygen atoms in total. The van der Waals surface area contributed by atoms with Crippen molar-refractivity contribution in [1.82, 2.24) is 15.1 Å². The van der Waals surface area contributed by atoms with Crippen molar-refractivity contribution in [3.8, 4) is 16.9 Å². The summed E-state index contributed by atoms with van der Waals surface area (Å²) in [5, 5.41) is 8.03. The van der Waals surface area contributed by atoms with Crippen molar-refractivity contribution >= 4 is 17.5 Å². The van der Waals surface area contributed by atoms with Crippen LogP contribution < -0.4 is 5.32 Å². The lowest BCUT2D eigenvalue weighted by Gasteiger charge is -2.12. The third kappa shape index (κ3) is 3.78. The smallest absolute Gasteiger partial charge is 0.270 e. The molecule has 1 amide bonds. The van der Waals surface area contributed by atoms with Crippen molar-refractivity contribution in [2.75, 3.05) is 0 Å². The average molecular weight is 372 g/mol. The maximum absolute atomic E-state index is 13.3. The second-order valence-electron chi connectivity index (χ2n) is 6.07. The molecule has 134 valence electrons. The first-order valence-electron chi connectivity index (χ1n) is 8.41. The molecular weight excluding hydrogens is 353 g/mol. The number of hydrogen-bond acceptors (Lipinski definition) is 2. The number of nitrogens with one attached hydrogen (secondary N) is 1. The van der Waals surface area contributed by atoms with Gasteiger partial charge in [-0.1, -0.05) is 36.7 Å². The highest BCUT2D eigenvalue weighted by Gasteiger charge is 2.19. The van der Waals surface area contributed by atoms with Crippen LogP contribution in [0.3, 0.4) is 0 Å². The summed E-state index contributed by atoms with van der Waals surface area (Å²) in [6, 6.07) is 14.9. The van der Waals surface area contributed by atoms with Crippen molar-refractivity contribution in [3.63, 3.8) is 0 Å². The molecule has 0 spiro atoms. The van der Waals surface area contributed by atoms with E-state index in [4.69, 9.17) is 11.6 Å². The standard InChI is InChI=1S/C20H19ClFN3O/c1-3-13(2)23-20(26)19-12-18(16-6-4-5-7-17(16)21)24-25(19)15-10-8-14(22)9-11-15/h4-13H,3H2,1-2H3,(H,23,26)/t13-/m1/s1. The zero-order valence-corrected chi connectivity index (χ0v) is 15.3. The zero-order valence-electron chi connectivity index (χ0n) is 14.5. The number of carbonyl (C=O) groups excluding carboxylic acids is 1. The molecule has 1 heterocycles. The van der Waals surface area contributed by atoms with Crippen LogP contribution >= 0.6 is 11.6 Å². The summed E-state index contributed by atoms with van der Waals surface area (Å²) in [5.41, 5.74) is 2.27. The number of nitrogens with zero attached hydrogens (tertiary/aromatic N) is 2.